The maximum absolute atomic E-state index is 12.4. The Morgan fingerprint density at radius 1 is 1.42 bits per heavy atom. The Morgan fingerprint density at radius 2 is 2.16 bits per heavy atom. The van der Waals surface area contributed by atoms with Crippen molar-refractivity contribution in [3.8, 4) is 11.8 Å². The van der Waals surface area contributed by atoms with Crippen molar-refractivity contribution in [1.82, 2.24) is 4.90 Å². The van der Waals surface area contributed by atoms with Gasteiger partial charge in [-0.3, -0.25) is 4.90 Å². The van der Waals surface area contributed by atoms with Crippen LogP contribution in [-0.2, 0) is 6.54 Å². The average Bonchev–Trinajstić information content (AvgIpc) is 2.72. The van der Waals surface area contributed by atoms with Gasteiger partial charge < -0.3 is 5.11 Å². The van der Waals surface area contributed by atoms with E-state index in [-0.39, 0.29) is 13.2 Å². The third-order valence-electron chi connectivity index (χ3n) is 2.29. The van der Waals surface area contributed by atoms with Gasteiger partial charge in [0.25, 0.3) is 0 Å². The number of hydrogen-bond acceptors (Lipinski definition) is 3. The first kappa shape index (κ1) is 16.0. The van der Waals surface area contributed by atoms with Gasteiger partial charge >= 0.3 is 6.18 Å². The van der Waals surface area contributed by atoms with Crippen molar-refractivity contribution in [2.24, 2.45) is 0 Å². The minimum atomic E-state index is -4.17. The summed E-state index contributed by atoms with van der Waals surface area (Å²) in [5.74, 6) is 5.25. The van der Waals surface area contributed by atoms with E-state index in [2.05, 4.69) is 11.8 Å². The van der Waals surface area contributed by atoms with Gasteiger partial charge in [0, 0.05) is 22.4 Å². The first-order valence-corrected chi connectivity index (χ1v) is 6.79. The Balaban J connectivity index is 2.65. The number of alkyl halides is 3. The van der Waals surface area contributed by atoms with E-state index in [0.717, 1.165) is 10.4 Å². The van der Waals surface area contributed by atoms with Crippen molar-refractivity contribution in [2.75, 3.05) is 19.7 Å². The molecule has 1 aromatic rings. The topological polar surface area (TPSA) is 23.5 Å². The van der Waals surface area contributed by atoms with E-state index in [1.165, 1.54) is 16.2 Å². The zero-order valence-electron chi connectivity index (χ0n) is 10.6. The van der Waals surface area contributed by atoms with Gasteiger partial charge in [-0.1, -0.05) is 18.8 Å². The van der Waals surface area contributed by atoms with Gasteiger partial charge in [0.15, 0.2) is 0 Å². The van der Waals surface area contributed by atoms with E-state index in [9.17, 15) is 13.2 Å². The molecule has 0 amide bonds. The van der Waals surface area contributed by atoms with Crippen LogP contribution in [0.25, 0.3) is 0 Å². The van der Waals surface area contributed by atoms with Gasteiger partial charge in [-0.15, -0.1) is 11.3 Å². The molecule has 1 N–H and O–H groups in total. The summed E-state index contributed by atoms with van der Waals surface area (Å²) in [6.07, 6.45) is -3.50. The molecule has 0 aliphatic carbocycles. The molecule has 0 atom stereocenters. The summed E-state index contributed by atoms with van der Waals surface area (Å²) in [5, 5.41) is 10.4. The number of thiophene rings is 1. The molecule has 0 saturated heterocycles. The molecule has 0 fully saturated rings. The van der Waals surface area contributed by atoms with Crippen LogP contribution in [0.1, 0.15) is 23.8 Å². The van der Waals surface area contributed by atoms with Crippen molar-refractivity contribution in [2.45, 2.75) is 26.1 Å². The van der Waals surface area contributed by atoms with Crippen molar-refractivity contribution >= 4 is 11.3 Å². The normalized spacial score (nSPS) is 11.5. The summed E-state index contributed by atoms with van der Waals surface area (Å²) in [6.45, 7) is 1.43. The lowest BCUT2D eigenvalue weighted by atomic mass is 10.3. The SMILES string of the molecule is CCCN(Cc1cc(C#CCO)cs1)CC(F)(F)F. The molecule has 6 heteroatoms. The van der Waals surface area contributed by atoms with Gasteiger partial charge in [0.05, 0.1) is 6.54 Å². The Hall–Kier alpha value is -1.03. The van der Waals surface area contributed by atoms with Crippen LogP contribution in [0.15, 0.2) is 11.4 Å². The molecule has 0 spiro atoms. The molecule has 1 rings (SSSR count). The van der Waals surface area contributed by atoms with E-state index < -0.39 is 12.7 Å². The summed E-state index contributed by atoms with van der Waals surface area (Å²) >= 11 is 1.39. The van der Waals surface area contributed by atoms with Gasteiger partial charge in [-0.05, 0) is 19.0 Å². The molecule has 1 aromatic heterocycles. The quantitative estimate of drug-likeness (QED) is 0.843. The van der Waals surface area contributed by atoms with Gasteiger partial charge in [0.2, 0.25) is 0 Å². The highest BCUT2D eigenvalue weighted by Crippen LogP contribution is 2.21. The van der Waals surface area contributed by atoms with Gasteiger partial charge in [-0.25, -0.2) is 0 Å². The summed E-state index contributed by atoms with van der Waals surface area (Å²) in [5.41, 5.74) is 0.734. The fourth-order valence-electron chi connectivity index (χ4n) is 1.67. The number of hydrogen-bond donors (Lipinski definition) is 1. The predicted molar refractivity (Wildman–Crippen MR) is 69.9 cm³/mol. The second-order valence-corrected chi connectivity index (χ2v) is 5.08. The molecular formula is C13H16F3NOS. The van der Waals surface area contributed by atoms with Crippen LogP contribution in [0.4, 0.5) is 13.2 Å². The van der Waals surface area contributed by atoms with E-state index in [4.69, 9.17) is 5.11 Å². The Bertz CT molecular complexity index is 445. The Morgan fingerprint density at radius 3 is 2.74 bits per heavy atom. The van der Waals surface area contributed by atoms with Crippen LogP contribution < -0.4 is 0 Å². The lowest BCUT2D eigenvalue weighted by molar-refractivity contribution is -0.147. The summed E-state index contributed by atoms with van der Waals surface area (Å²) in [6, 6.07) is 1.77. The second-order valence-electron chi connectivity index (χ2n) is 4.09. The molecule has 0 bridgehead atoms. The molecular weight excluding hydrogens is 275 g/mol. The molecule has 0 aliphatic rings. The van der Waals surface area contributed by atoms with Crippen molar-refractivity contribution in [3.63, 3.8) is 0 Å². The molecule has 106 valence electrons. The first-order valence-electron chi connectivity index (χ1n) is 5.91. The number of aliphatic hydroxyl groups is 1. The molecule has 2 nitrogen and oxygen atoms in total. The van der Waals surface area contributed by atoms with Crippen LogP contribution in [0.2, 0.25) is 0 Å². The zero-order chi connectivity index (χ0) is 14.3. The smallest absolute Gasteiger partial charge is 0.384 e. The second kappa shape index (κ2) is 7.53. The summed E-state index contributed by atoms with van der Waals surface area (Å²) in [7, 11) is 0. The van der Waals surface area contributed by atoms with Crippen LogP contribution in [0.5, 0.6) is 0 Å². The minimum Gasteiger partial charge on any atom is -0.384 e. The highest BCUT2D eigenvalue weighted by molar-refractivity contribution is 7.10. The Labute approximate surface area is 114 Å². The maximum Gasteiger partial charge on any atom is 0.401 e. The molecule has 0 unspecified atom stereocenters. The lowest BCUT2D eigenvalue weighted by Crippen LogP contribution is -2.34. The van der Waals surface area contributed by atoms with E-state index in [1.807, 2.05) is 6.92 Å². The molecule has 0 saturated carbocycles. The van der Waals surface area contributed by atoms with Crippen molar-refractivity contribution in [1.29, 1.82) is 0 Å². The van der Waals surface area contributed by atoms with E-state index in [1.54, 1.807) is 11.4 Å². The maximum atomic E-state index is 12.4. The molecule has 19 heavy (non-hydrogen) atoms. The van der Waals surface area contributed by atoms with Crippen LogP contribution >= 0.6 is 11.3 Å². The minimum absolute atomic E-state index is 0.221. The molecule has 1 heterocycles. The Kier molecular flexibility index (Phi) is 6.35. The van der Waals surface area contributed by atoms with Crippen LogP contribution in [-0.4, -0.2) is 35.9 Å². The predicted octanol–water partition coefficient (Wildman–Crippen LogP) is 2.87. The van der Waals surface area contributed by atoms with Crippen molar-refractivity contribution in [3.05, 3.63) is 21.9 Å². The fourth-order valence-corrected chi connectivity index (χ4v) is 2.53. The number of rotatable bonds is 5. The number of aliphatic hydroxyl groups excluding tert-OH is 1. The molecule has 0 radical (unpaired) electrons. The average molecular weight is 291 g/mol. The van der Waals surface area contributed by atoms with Crippen LogP contribution in [0, 0.1) is 11.8 Å². The van der Waals surface area contributed by atoms with E-state index in [0.29, 0.717) is 13.0 Å². The summed E-state index contributed by atoms with van der Waals surface area (Å²) < 4.78 is 37.2. The monoisotopic (exact) mass is 291 g/mol. The van der Waals surface area contributed by atoms with Gasteiger partial charge in [0.1, 0.15) is 6.61 Å². The number of halogens is 3. The molecule has 0 aromatic carbocycles. The zero-order valence-corrected chi connectivity index (χ0v) is 11.4. The van der Waals surface area contributed by atoms with Gasteiger partial charge in [-0.2, -0.15) is 13.2 Å². The third-order valence-corrected chi connectivity index (χ3v) is 3.21. The fraction of sp³-hybridized carbons (Fsp3) is 0.538. The largest absolute Gasteiger partial charge is 0.401 e. The van der Waals surface area contributed by atoms with E-state index >= 15 is 0 Å². The third kappa shape index (κ3) is 6.62. The number of nitrogens with zero attached hydrogens (tertiary/aromatic N) is 1. The van der Waals surface area contributed by atoms with Crippen molar-refractivity contribution < 1.29 is 18.3 Å². The molecule has 0 aliphatic heterocycles. The summed E-state index contributed by atoms with van der Waals surface area (Å²) in [4.78, 5) is 2.23. The lowest BCUT2D eigenvalue weighted by Gasteiger charge is -2.22. The highest BCUT2D eigenvalue weighted by atomic mass is 32.1. The first-order chi connectivity index (χ1) is 8.94. The standard InChI is InChI=1S/C13H16F3NOS/c1-2-5-17(10-13(14,15)16)8-12-7-11(9-19-12)4-3-6-18/h7,9,18H,2,5-6,8,10H2,1H3. The highest BCUT2D eigenvalue weighted by Gasteiger charge is 2.30. The van der Waals surface area contributed by atoms with Crippen LogP contribution in [0.3, 0.4) is 0 Å².